The highest BCUT2D eigenvalue weighted by molar-refractivity contribution is 6.35. The Morgan fingerprint density at radius 2 is 2.00 bits per heavy atom. The summed E-state index contributed by atoms with van der Waals surface area (Å²) in [5, 5.41) is 17.5. The average molecular weight is 223 g/mol. The van der Waals surface area contributed by atoms with E-state index in [2.05, 4.69) is 5.73 Å². The minimum Gasteiger partial charge on any atom is -0.494 e. The van der Waals surface area contributed by atoms with Crippen LogP contribution < -0.4 is 15.9 Å². The van der Waals surface area contributed by atoms with Gasteiger partial charge < -0.3 is 20.7 Å². The molecule has 5 heteroatoms. The molecule has 4 N–H and O–H groups in total. The van der Waals surface area contributed by atoms with Gasteiger partial charge in [0.1, 0.15) is 13.6 Å². The molecule has 0 aliphatic heterocycles. The van der Waals surface area contributed by atoms with Gasteiger partial charge in [-0.1, -0.05) is 17.6 Å². The molecule has 0 aromatic heterocycles. The fourth-order valence-electron chi connectivity index (χ4n) is 1.10. The molecule has 1 aromatic rings. The fourth-order valence-corrected chi connectivity index (χ4v) is 1.10. The van der Waals surface area contributed by atoms with E-state index >= 15 is 0 Å². The Labute approximate surface area is 97.5 Å². The van der Waals surface area contributed by atoms with Crippen LogP contribution in [0.4, 0.5) is 0 Å². The highest BCUT2D eigenvalue weighted by atomic mass is 16.5. The van der Waals surface area contributed by atoms with Crippen molar-refractivity contribution in [3.05, 3.63) is 23.8 Å². The third-order valence-corrected chi connectivity index (χ3v) is 1.89. The van der Waals surface area contributed by atoms with Crippen LogP contribution in [0.1, 0.15) is 12.0 Å². The van der Waals surface area contributed by atoms with Crippen LogP contribution in [0.3, 0.4) is 0 Å². The van der Waals surface area contributed by atoms with Gasteiger partial charge in [-0.25, -0.2) is 0 Å². The Hall–Kier alpha value is -1.04. The average Bonchev–Trinajstić information content (AvgIpc) is 2.34. The number of aliphatic hydroxyl groups is 2. The Kier molecular flexibility index (Phi) is 8.61. The summed E-state index contributed by atoms with van der Waals surface area (Å²) in [4.78, 5) is 0. The summed E-state index contributed by atoms with van der Waals surface area (Å²) < 4.78 is 5.32. The largest absolute Gasteiger partial charge is 0.494 e. The first kappa shape index (κ1) is 15.0. The van der Waals surface area contributed by atoms with Gasteiger partial charge in [0.05, 0.1) is 13.2 Å². The van der Waals surface area contributed by atoms with Gasteiger partial charge in [0.15, 0.2) is 0 Å². The smallest absolute Gasteiger partial charge is 0.119 e. The topological polar surface area (TPSA) is 75.7 Å². The van der Waals surface area contributed by atoms with Crippen molar-refractivity contribution in [3.8, 4) is 5.75 Å². The van der Waals surface area contributed by atoms with Crippen LogP contribution >= 0.6 is 0 Å². The van der Waals surface area contributed by atoms with Crippen molar-refractivity contribution in [2.75, 3.05) is 20.3 Å². The molecule has 0 amide bonds. The van der Waals surface area contributed by atoms with Gasteiger partial charge in [0.2, 0.25) is 0 Å². The van der Waals surface area contributed by atoms with Crippen LogP contribution in [0, 0.1) is 0 Å². The fraction of sp³-hybridized carbons (Fsp3) is 0.455. The highest BCUT2D eigenvalue weighted by Gasteiger charge is 2.02. The molecule has 88 valence electrons. The van der Waals surface area contributed by atoms with Crippen molar-refractivity contribution in [2.24, 2.45) is 5.73 Å². The molecule has 4 nitrogen and oxygen atoms in total. The van der Waals surface area contributed by atoms with E-state index in [9.17, 15) is 0 Å². The second kappa shape index (κ2) is 9.21. The first-order valence-corrected chi connectivity index (χ1v) is 5.09. The number of nitrogens with two attached hydrogens (primary N) is 1. The minimum absolute atomic E-state index is 0.0942. The number of benzene rings is 1. The molecule has 0 bridgehead atoms. The van der Waals surface area contributed by atoms with Crippen LogP contribution in [0.15, 0.2) is 18.2 Å². The highest BCUT2D eigenvalue weighted by Crippen LogP contribution is 2.09. The van der Waals surface area contributed by atoms with E-state index in [-0.39, 0.29) is 13.2 Å². The zero-order valence-electron chi connectivity index (χ0n) is 9.52. The maximum absolute atomic E-state index is 8.94. The standard InChI is InChI=1S/C10H13BO3.CH5N/c11-10-8(7-13)3-1-4-9(10)14-6-2-5-12;1-2/h1,3-4,12-13H,2,5-7H2;2H2,1H3. The van der Waals surface area contributed by atoms with E-state index in [1.807, 2.05) is 0 Å². The lowest BCUT2D eigenvalue weighted by Crippen LogP contribution is -2.15. The molecule has 0 aliphatic rings. The lowest BCUT2D eigenvalue weighted by Gasteiger charge is -2.11. The van der Waals surface area contributed by atoms with Gasteiger partial charge in [-0.3, -0.25) is 0 Å². The molecule has 1 rings (SSSR count). The van der Waals surface area contributed by atoms with E-state index in [0.29, 0.717) is 29.8 Å². The Balaban J connectivity index is 0.00000106. The molecule has 0 fully saturated rings. The minimum atomic E-state index is -0.0942. The number of rotatable bonds is 5. The molecule has 0 saturated heterocycles. The molecule has 0 spiro atoms. The first-order chi connectivity index (χ1) is 7.79. The van der Waals surface area contributed by atoms with Crippen LogP contribution in [0.5, 0.6) is 5.75 Å². The van der Waals surface area contributed by atoms with E-state index < -0.39 is 0 Å². The second-order valence-corrected chi connectivity index (χ2v) is 2.91. The summed E-state index contributed by atoms with van der Waals surface area (Å²) in [5.41, 5.74) is 5.62. The number of hydrogen-bond donors (Lipinski definition) is 3. The molecule has 0 unspecified atom stereocenters. The quantitative estimate of drug-likeness (QED) is 0.456. The number of ether oxygens (including phenoxy) is 1. The van der Waals surface area contributed by atoms with E-state index in [0.717, 1.165) is 0 Å². The summed E-state index contributed by atoms with van der Waals surface area (Å²) in [5.74, 6) is 0.560. The van der Waals surface area contributed by atoms with Crippen LogP contribution in [0.2, 0.25) is 0 Å². The van der Waals surface area contributed by atoms with Gasteiger partial charge in [0, 0.05) is 13.0 Å². The van der Waals surface area contributed by atoms with Gasteiger partial charge in [-0.2, -0.15) is 0 Å². The Morgan fingerprint density at radius 3 is 2.56 bits per heavy atom. The molecular weight excluding hydrogens is 205 g/mol. The molecule has 16 heavy (non-hydrogen) atoms. The van der Waals surface area contributed by atoms with E-state index in [4.69, 9.17) is 22.8 Å². The predicted octanol–water partition coefficient (Wildman–Crippen LogP) is -0.691. The predicted molar refractivity (Wildman–Crippen MR) is 65.1 cm³/mol. The Morgan fingerprint density at radius 1 is 1.31 bits per heavy atom. The zero-order chi connectivity index (χ0) is 12.4. The van der Waals surface area contributed by atoms with Crippen molar-refractivity contribution in [1.29, 1.82) is 0 Å². The summed E-state index contributed by atoms with van der Waals surface area (Å²) in [6.45, 7) is 0.429. The maximum atomic E-state index is 8.94. The molecule has 0 heterocycles. The summed E-state index contributed by atoms with van der Waals surface area (Å²) >= 11 is 0. The molecule has 0 aliphatic carbocycles. The number of hydrogen-bond acceptors (Lipinski definition) is 4. The van der Waals surface area contributed by atoms with Gasteiger partial charge in [0.25, 0.3) is 0 Å². The summed E-state index contributed by atoms with van der Waals surface area (Å²) in [7, 11) is 7.23. The maximum Gasteiger partial charge on any atom is 0.119 e. The molecule has 0 atom stereocenters. The van der Waals surface area contributed by atoms with Crippen molar-refractivity contribution in [2.45, 2.75) is 13.0 Å². The zero-order valence-corrected chi connectivity index (χ0v) is 9.52. The van der Waals surface area contributed by atoms with Crippen molar-refractivity contribution < 1.29 is 14.9 Å². The monoisotopic (exact) mass is 223 g/mol. The van der Waals surface area contributed by atoms with E-state index in [1.54, 1.807) is 18.2 Å². The SMILES string of the molecule is CN.[B]c1c(CO)cccc1OCCCO. The van der Waals surface area contributed by atoms with Crippen molar-refractivity contribution in [1.82, 2.24) is 0 Å². The van der Waals surface area contributed by atoms with Gasteiger partial charge in [-0.15, -0.1) is 0 Å². The van der Waals surface area contributed by atoms with Crippen molar-refractivity contribution in [3.63, 3.8) is 0 Å². The summed E-state index contributed by atoms with van der Waals surface area (Å²) in [6.07, 6.45) is 0.572. The van der Waals surface area contributed by atoms with Crippen LogP contribution in [-0.4, -0.2) is 38.3 Å². The van der Waals surface area contributed by atoms with E-state index in [1.165, 1.54) is 7.05 Å². The third-order valence-electron chi connectivity index (χ3n) is 1.89. The molecule has 2 radical (unpaired) electrons. The second-order valence-electron chi connectivity index (χ2n) is 2.91. The van der Waals surface area contributed by atoms with Crippen LogP contribution in [0.25, 0.3) is 0 Å². The lowest BCUT2D eigenvalue weighted by atomic mass is 9.90. The first-order valence-electron chi connectivity index (χ1n) is 5.09. The third kappa shape index (κ3) is 4.66. The normalized spacial score (nSPS) is 9.25. The van der Waals surface area contributed by atoms with Crippen molar-refractivity contribution >= 4 is 13.3 Å². The molecule has 1 aromatic carbocycles. The molecular formula is C11H18BNO3. The molecule has 0 saturated carbocycles. The van der Waals surface area contributed by atoms with Gasteiger partial charge >= 0.3 is 0 Å². The van der Waals surface area contributed by atoms with Crippen LogP contribution in [-0.2, 0) is 6.61 Å². The lowest BCUT2D eigenvalue weighted by molar-refractivity contribution is 0.234. The van der Waals surface area contributed by atoms with Gasteiger partial charge in [-0.05, 0) is 18.7 Å². The number of aliphatic hydroxyl groups excluding tert-OH is 2. The Bertz CT molecular complexity index is 295. The summed E-state index contributed by atoms with van der Waals surface area (Å²) in [6, 6.07) is 5.26.